The highest BCUT2D eigenvalue weighted by Gasteiger charge is 2.45. The molecule has 4 rings (SSSR count). The summed E-state index contributed by atoms with van der Waals surface area (Å²) in [6.45, 7) is 4.77. The number of halogens is 1. The van der Waals surface area contributed by atoms with Gasteiger partial charge in [0.15, 0.2) is 0 Å². The Kier molecular flexibility index (Phi) is 5.41. The second kappa shape index (κ2) is 7.93. The van der Waals surface area contributed by atoms with Gasteiger partial charge < -0.3 is 4.90 Å². The Labute approximate surface area is 164 Å². The molecule has 2 fully saturated rings. The van der Waals surface area contributed by atoms with Gasteiger partial charge >= 0.3 is 0 Å². The van der Waals surface area contributed by atoms with Crippen LogP contribution >= 0.6 is 15.9 Å². The molecular formula is C22H25BrN2O. The molecule has 4 heteroatoms. The Morgan fingerprint density at radius 3 is 2.50 bits per heavy atom. The number of carbonyl (C=O) groups excluding carboxylic acids is 1. The number of benzene rings is 2. The summed E-state index contributed by atoms with van der Waals surface area (Å²) in [6.07, 6.45) is 2.07. The maximum atomic E-state index is 12.9. The Balaban J connectivity index is 1.31. The number of carbonyl (C=O) groups is 1. The van der Waals surface area contributed by atoms with Gasteiger partial charge in [0.25, 0.3) is 0 Å². The molecule has 0 bridgehead atoms. The zero-order valence-electron chi connectivity index (χ0n) is 15.0. The van der Waals surface area contributed by atoms with Crippen LogP contribution in [-0.2, 0) is 11.3 Å². The fourth-order valence-corrected chi connectivity index (χ4v) is 4.24. The lowest BCUT2D eigenvalue weighted by Gasteiger charge is -2.22. The molecule has 2 aliphatic rings. The first-order chi connectivity index (χ1) is 12.7. The highest BCUT2D eigenvalue weighted by Crippen LogP contribution is 2.48. The van der Waals surface area contributed by atoms with Crippen LogP contribution in [0.1, 0.15) is 29.9 Å². The van der Waals surface area contributed by atoms with Crippen molar-refractivity contribution >= 4 is 21.8 Å². The third-order valence-corrected chi connectivity index (χ3v) is 6.08. The monoisotopic (exact) mass is 412 g/mol. The molecule has 136 valence electrons. The molecule has 2 atom stereocenters. The van der Waals surface area contributed by atoms with Gasteiger partial charge in [-0.1, -0.05) is 58.4 Å². The Morgan fingerprint density at radius 2 is 1.73 bits per heavy atom. The fourth-order valence-electron chi connectivity index (χ4n) is 3.97. The SMILES string of the molecule is O=C(C1CC1c1ccc(Br)cc1)N1CCCN(Cc2ccccc2)CC1. The number of amides is 1. The summed E-state index contributed by atoms with van der Waals surface area (Å²) in [5.41, 5.74) is 2.65. The molecule has 0 N–H and O–H groups in total. The molecule has 1 aliphatic heterocycles. The van der Waals surface area contributed by atoms with Gasteiger partial charge in [-0.15, -0.1) is 0 Å². The molecule has 0 radical (unpaired) electrons. The molecule has 1 saturated carbocycles. The van der Waals surface area contributed by atoms with Crippen LogP contribution in [0.15, 0.2) is 59.1 Å². The van der Waals surface area contributed by atoms with Crippen molar-refractivity contribution in [2.24, 2.45) is 5.92 Å². The molecular weight excluding hydrogens is 388 g/mol. The third-order valence-electron chi connectivity index (χ3n) is 5.55. The Bertz CT molecular complexity index is 746. The molecule has 1 saturated heterocycles. The summed E-state index contributed by atoms with van der Waals surface area (Å²) >= 11 is 3.48. The molecule has 2 unspecified atom stereocenters. The Morgan fingerprint density at radius 1 is 0.962 bits per heavy atom. The van der Waals surface area contributed by atoms with Crippen molar-refractivity contribution in [3.05, 3.63) is 70.2 Å². The minimum atomic E-state index is 0.192. The Hall–Kier alpha value is -1.65. The smallest absolute Gasteiger partial charge is 0.226 e. The summed E-state index contributed by atoms with van der Waals surface area (Å²) in [4.78, 5) is 17.5. The highest BCUT2D eigenvalue weighted by atomic mass is 79.9. The van der Waals surface area contributed by atoms with Crippen LogP contribution in [0, 0.1) is 5.92 Å². The largest absolute Gasteiger partial charge is 0.341 e. The predicted octanol–water partition coefficient (Wildman–Crippen LogP) is 4.29. The van der Waals surface area contributed by atoms with Gasteiger partial charge in [0.2, 0.25) is 5.91 Å². The zero-order valence-corrected chi connectivity index (χ0v) is 16.6. The second-order valence-electron chi connectivity index (χ2n) is 7.44. The number of rotatable bonds is 4. The van der Waals surface area contributed by atoms with E-state index in [1.54, 1.807) is 0 Å². The fraction of sp³-hybridized carbons (Fsp3) is 0.409. The minimum absolute atomic E-state index is 0.192. The van der Waals surface area contributed by atoms with Crippen LogP contribution in [0.4, 0.5) is 0 Å². The van der Waals surface area contributed by atoms with Crippen LogP contribution in [0.2, 0.25) is 0 Å². The van der Waals surface area contributed by atoms with E-state index < -0.39 is 0 Å². The molecule has 2 aromatic rings. The molecule has 0 spiro atoms. The lowest BCUT2D eigenvalue weighted by atomic mass is 10.1. The number of hydrogen-bond donors (Lipinski definition) is 0. The van der Waals surface area contributed by atoms with Crippen molar-refractivity contribution in [3.8, 4) is 0 Å². The molecule has 1 heterocycles. The normalized spacial score (nSPS) is 23.5. The molecule has 26 heavy (non-hydrogen) atoms. The van der Waals surface area contributed by atoms with Crippen molar-refractivity contribution < 1.29 is 4.79 Å². The summed E-state index contributed by atoms with van der Waals surface area (Å²) < 4.78 is 1.09. The number of nitrogens with zero attached hydrogens (tertiary/aromatic N) is 2. The molecule has 1 amide bonds. The maximum absolute atomic E-state index is 12.9. The third kappa shape index (κ3) is 4.18. The zero-order chi connectivity index (χ0) is 17.9. The first-order valence-electron chi connectivity index (χ1n) is 9.51. The first kappa shape index (κ1) is 17.7. The van der Waals surface area contributed by atoms with Gasteiger partial charge in [-0.25, -0.2) is 0 Å². The van der Waals surface area contributed by atoms with E-state index in [1.807, 2.05) is 0 Å². The summed E-state index contributed by atoms with van der Waals surface area (Å²) in [5, 5.41) is 0. The van der Waals surface area contributed by atoms with Crippen LogP contribution in [0.3, 0.4) is 0 Å². The van der Waals surface area contributed by atoms with Gasteiger partial charge in [0.1, 0.15) is 0 Å². The maximum Gasteiger partial charge on any atom is 0.226 e. The molecule has 0 aromatic heterocycles. The molecule has 1 aliphatic carbocycles. The van der Waals surface area contributed by atoms with E-state index in [-0.39, 0.29) is 5.92 Å². The van der Waals surface area contributed by atoms with Gasteiger partial charge in [0, 0.05) is 43.1 Å². The predicted molar refractivity (Wildman–Crippen MR) is 108 cm³/mol. The number of hydrogen-bond acceptors (Lipinski definition) is 2. The molecule has 2 aromatic carbocycles. The van der Waals surface area contributed by atoms with Gasteiger partial charge in [-0.2, -0.15) is 0 Å². The van der Waals surface area contributed by atoms with E-state index in [0.29, 0.717) is 11.8 Å². The van der Waals surface area contributed by atoms with Crippen molar-refractivity contribution in [2.75, 3.05) is 26.2 Å². The highest BCUT2D eigenvalue weighted by molar-refractivity contribution is 9.10. The van der Waals surface area contributed by atoms with E-state index in [0.717, 1.165) is 50.0 Å². The standard InChI is InChI=1S/C22H25BrN2O/c23-19-9-7-18(8-10-19)20-15-21(20)22(26)25-12-4-11-24(13-14-25)16-17-5-2-1-3-6-17/h1-3,5-10,20-21H,4,11-16H2. The van der Waals surface area contributed by atoms with E-state index >= 15 is 0 Å². The lowest BCUT2D eigenvalue weighted by Crippen LogP contribution is -2.36. The van der Waals surface area contributed by atoms with E-state index in [1.165, 1.54) is 11.1 Å². The minimum Gasteiger partial charge on any atom is -0.341 e. The quantitative estimate of drug-likeness (QED) is 0.747. The van der Waals surface area contributed by atoms with Gasteiger partial charge in [-0.05, 0) is 42.0 Å². The average Bonchev–Trinajstić information content (AvgIpc) is 3.47. The summed E-state index contributed by atoms with van der Waals surface area (Å²) in [7, 11) is 0. The molecule has 3 nitrogen and oxygen atoms in total. The van der Waals surface area contributed by atoms with Crippen molar-refractivity contribution in [1.29, 1.82) is 0 Å². The van der Waals surface area contributed by atoms with Crippen LogP contribution in [0.5, 0.6) is 0 Å². The van der Waals surface area contributed by atoms with Crippen LogP contribution in [0.25, 0.3) is 0 Å². The van der Waals surface area contributed by atoms with Gasteiger partial charge in [-0.3, -0.25) is 9.69 Å². The summed E-state index contributed by atoms with van der Waals surface area (Å²) in [5.74, 6) is 0.968. The van der Waals surface area contributed by atoms with E-state index in [9.17, 15) is 4.79 Å². The van der Waals surface area contributed by atoms with Crippen molar-refractivity contribution in [1.82, 2.24) is 9.80 Å². The van der Waals surface area contributed by atoms with Gasteiger partial charge in [0.05, 0.1) is 0 Å². The van der Waals surface area contributed by atoms with Crippen molar-refractivity contribution in [2.45, 2.75) is 25.3 Å². The van der Waals surface area contributed by atoms with E-state index in [2.05, 4.69) is 80.3 Å². The average molecular weight is 413 g/mol. The lowest BCUT2D eigenvalue weighted by molar-refractivity contribution is -0.132. The van der Waals surface area contributed by atoms with Crippen LogP contribution in [-0.4, -0.2) is 41.9 Å². The van der Waals surface area contributed by atoms with E-state index in [4.69, 9.17) is 0 Å². The first-order valence-corrected chi connectivity index (χ1v) is 10.3. The van der Waals surface area contributed by atoms with Crippen LogP contribution < -0.4 is 0 Å². The topological polar surface area (TPSA) is 23.6 Å². The second-order valence-corrected chi connectivity index (χ2v) is 8.36. The summed E-state index contributed by atoms with van der Waals surface area (Å²) in [6, 6.07) is 19.0. The van der Waals surface area contributed by atoms with Crippen molar-refractivity contribution in [3.63, 3.8) is 0 Å².